The minimum absolute atomic E-state index is 0.0672. The number of carbonyl (C=O) groups excluding carboxylic acids is 2. The number of amides is 2. The number of anilines is 2. The maximum atomic E-state index is 12.6. The number of aryl methyl sites for hydroxylation is 2. The monoisotopic (exact) mass is 366 g/mol. The fraction of sp³-hybridized carbons (Fsp3) is 0.333. The number of benzene rings is 2. The Bertz CT molecular complexity index is 876. The Kier molecular flexibility index (Phi) is 4.49. The van der Waals surface area contributed by atoms with Gasteiger partial charge in [-0.3, -0.25) is 14.5 Å². The molecule has 4 rings (SSSR count). The molecule has 0 aromatic heterocycles. The van der Waals surface area contributed by atoms with Gasteiger partial charge in [0.05, 0.1) is 5.75 Å². The summed E-state index contributed by atoms with van der Waals surface area (Å²) < 4.78 is 0. The summed E-state index contributed by atoms with van der Waals surface area (Å²) in [6, 6.07) is 14.0. The Hall–Kier alpha value is -2.27. The zero-order valence-electron chi connectivity index (χ0n) is 15.0. The van der Waals surface area contributed by atoms with Gasteiger partial charge in [0.1, 0.15) is 5.37 Å². The van der Waals surface area contributed by atoms with Crippen LogP contribution in [0.5, 0.6) is 0 Å². The molecule has 1 saturated carbocycles. The van der Waals surface area contributed by atoms with E-state index < -0.39 is 0 Å². The first kappa shape index (κ1) is 17.2. The summed E-state index contributed by atoms with van der Waals surface area (Å²) in [6.07, 6.45) is 1.97. The number of nitrogens with one attached hydrogen (secondary N) is 1. The fourth-order valence-electron chi connectivity index (χ4n) is 3.19. The topological polar surface area (TPSA) is 49.4 Å². The molecule has 2 fully saturated rings. The van der Waals surface area contributed by atoms with Crippen molar-refractivity contribution in [3.63, 3.8) is 0 Å². The molecule has 1 aliphatic heterocycles. The van der Waals surface area contributed by atoms with Crippen LogP contribution in [0.15, 0.2) is 42.5 Å². The highest BCUT2D eigenvalue weighted by molar-refractivity contribution is 8.00. The van der Waals surface area contributed by atoms with Gasteiger partial charge < -0.3 is 5.32 Å². The minimum Gasteiger partial charge on any atom is -0.326 e. The van der Waals surface area contributed by atoms with Gasteiger partial charge in [-0.2, -0.15) is 0 Å². The normalized spacial score (nSPS) is 19.7. The molecule has 0 radical (unpaired) electrons. The lowest BCUT2D eigenvalue weighted by molar-refractivity contribution is -0.117. The third-order valence-electron chi connectivity index (χ3n) is 5.02. The lowest BCUT2D eigenvalue weighted by Crippen LogP contribution is -2.28. The maximum Gasteiger partial charge on any atom is 0.238 e. The van der Waals surface area contributed by atoms with E-state index in [1.165, 1.54) is 11.1 Å². The Morgan fingerprint density at radius 1 is 1.12 bits per heavy atom. The van der Waals surface area contributed by atoms with E-state index in [0.29, 0.717) is 5.75 Å². The molecule has 26 heavy (non-hydrogen) atoms. The lowest BCUT2D eigenvalue weighted by atomic mass is 10.1. The van der Waals surface area contributed by atoms with Gasteiger partial charge in [-0.25, -0.2) is 0 Å². The van der Waals surface area contributed by atoms with E-state index >= 15 is 0 Å². The van der Waals surface area contributed by atoms with Crippen molar-refractivity contribution in [3.05, 3.63) is 59.2 Å². The van der Waals surface area contributed by atoms with E-state index in [1.54, 1.807) is 11.8 Å². The van der Waals surface area contributed by atoms with E-state index in [2.05, 4.69) is 31.3 Å². The van der Waals surface area contributed by atoms with Crippen molar-refractivity contribution in [3.8, 4) is 0 Å². The van der Waals surface area contributed by atoms with Crippen LogP contribution in [-0.4, -0.2) is 17.6 Å². The summed E-state index contributed by atoms with van der Waals surface area (Å²) in [6.45, 7) is 4.14. The second-order valence-corrected chi connectivity index (χ2v) is 8.15. The molecular weight excluding hydrogens is 344 g/mol. The van der Waals surface area contributed by atoms with E-state index in [4.69, 9.17) is 0 Å². The van der Waals surface area contributed by atoms with Crippen molar-refractivity contribution in [2.75, 3.05) is 16.0 Å². The van der Waals surface area contributed by atoms with Crippen molar-refractivity contribution < 1.29 is 9.59 Å². The Morgan fingerprint density at radius 2 is 1.92 bits per heavy atom. The first-order chi connectivity index (χ1) is 12.5. The first-order valence-electron chi connectivity index (χ1n) is 8.94. The smallest absolute Gasteiger partial charge is 0.238 e. The lowest BCUT2D eigenvalue weighted by Gasteiger charge is -2.25. The van der Waals surface area contributed by atoms with Gasteiger partial charge >= 0.3 is 0 Å². The molecule has 2 aliphatic rings. The van der Waals surface area contributed by atoms with Gasteiger partial charge in [0, 0.05) is 17.3 Å². The Labute approximate surface area is 158 Å². The molecule has 0 unspecified atom stereocenters. The zero-order valence-corrected chi connectivity index (χ0v) is 15.8. The number of rotatable bonds is 4. The van der Waals surface area contributed by atoms with Gasteiger partial charge in [-0.05, 0) is 67.6 Å². The average Bonchev–Trinajstić information content (AvgIpc) is 3.40. The van der Waals surface area contributed by atoms with E-state index in [0.717, 1.165) is 29.8 Å². The van der Waals surface area contributed by atoms with Crippen molar-refractivity contribution in [2.24, 2.45) is 5.92 Å². The highest BCUT2D eigenvalue weighted by atomic mass is 32.2. The second kappa shape index (κ2) is 6.80. The summed E-state index contributed by atoms with van der Waals surface area (Å²) in [7, 11) is 0. The second-order valence-electron chi connectivity index (χ2n) is 7.08. The van der Waals surface area contributed by atoms with Gasteiger partial charge in [-0.1, -0.05) is 18.2 Å². The standard InChI is InChI=1S/C21H22N2O2S/c1-13-6-9-18(10-14(13)2)23-19(24)12-26-21(23)16-4-3-5-17(11-16)22-20(25)15-7-8-15/h3-6,9-11,15,21H,7-8,12H2,1-2H3,(H,22,25)/t21-/m0/s1. The summed E-state index contributed by atoms with van der Waals surface area (Å²) >= 11 is 1.63. The number of hydrogen-bond acceptors (Lipinski definition) is 3. The molecular formula is C21H22N2O2S. The molecule has 1 N–H and O–H groups in total. The zero-order chi connectivity index (χ0) is 18.3. The number of nitrogens with zero attached hydrogens (tertiary/aromatic N) is 1. The Morgan fingerprint density at radius 3 is 2.65 bits per heavy atom. The maximum absolute atomic E-state index is 12.6. The molecule has 0 bridgehead atoms. The molecule has 1 heterocycles. The van der Waals surface area contributed by atoms with Crippen LogP contribution in [0.4, 0.5) is 11.4 Å². The number of thioether (sulfide) groups is 1. The average molecular weight is 366 g/mol. The van der Waals surface area contributed by atoms with Crippen molar-refractivity contribution in [1.29, 1.82) is 0 Å². The predicted octanol–water partition coefficient (Wildman–Crippen LogP) is 4.43. The van der Waals surface area contributed by atoms with Gasteiger partial charge in [0.25, 0.3) is 0 Å². The molecule has 2 aromatic rings. The Balaban J connectivity index is 1.62. The van der Waals surface area contributed by atoms with Crippen molar-refractivity contribution >= 4 is 35.0 Å². The molecule has 4 nitrogen and oxygen atoms in total. The number of carbonyl (C=O) groups is 2. The highest BCUT2D eigenvalue weighted by Gasteiger charge is 2.34. The van der Waals surface area contributed by atoms with Crippen LogP contribution in [0.2, 0.25) is 0 Å². The van der Waals surface area contributed by atoms with Crippen LogP contribution < -0.4 is 10.2 Å². The van der Waals surface area contributed by atoms with Crippen LogP contribution in [0.1, 0.15) is 34.9 Å². The highest BCUT2D eigenvalue weighted by Crippen LogP contribution is 2.42. The molecule has 0 spiro atoms. The van der Waals surface area contributed by atoms with E-state index in [9.17, 15) is 9.59 Å². The van der Waals surface area contributed by atoms with E-state index in [1.807, 2.05) is 35.2 Å². The largest absolute Gasteiger partial charge is 0.326 e. The minimum atomic E-state index is -0.0672. The van der Waals surface area contributed by atoms with Crippen LogP contribution in [0.3, 0.4) is 0 Å². The molecule has 134 valence electrons. The molecule has 1 saturated heterocycles. The summed E-state index contributed by atoms with van der Waals surface area (Å²) in [5, 5.41) is 2.93. The van der Waals surface area contributed by atoms with Crippen molar-refractivity contribution in [1.82, 2.24) is 0 Å². The quantitative estimate of drug-likeness (QED) is 0.871. The van der Waals surface area contributed by atoms with Gasteiger partial charge in [0.15, 0.2) is 0 Å². The van der Waals surface area contributed by atoms with E-state index in [-0.39, 0.29) is 23.1 Å². The van der Waals surface area contributed by atoms with Crippen LogP contribution in [-0.2, 0) is 9.59 Å². The van der Waals surface area contributed by atoms with Gasteiger partial charge in [-0.15, -0.1) is 11.8 Å². The van der Waals surface area contributed by atoms with Gasteiger partial charge in [0.2, 0.25) is 11.8 Å². The molecule has 2 amide bonds. The summed E-state index contributed by atoms with van der Waals surface area (Å²) in [5.74, 6) is 0.864. The number of hydrogen-bond donors (Lipinski definition) is 1. The summed E-state index contributed by atoms with van der Waals surface area (Å²) in [5.41, 5.74) is 5.17. The molecule has 1 atom stereocenters. The van der Waals surface area contributed by atoms with Crippen LogP contribution >= 0.6 is 11.8 Å². The third kappa shape index (κ3) is 3.36. The predicted molar refractivity (Wildman–Crippen MR) is 106 cm³/mol. The molecule has 5 heteroatoms. The summed E-state index contributed by atoms with van der Waals surface area (Å²) in [4.78, 5) is 26.5. The van der Waals surface area contributed by atoms with Crippen LogP contribution in [0.25, 0.3) is 0 Å². The van der Waals surface area contributed by atoms with Crippen molar-refractivity contribution in [2.45, 2.75) is 32.1 Å². The fourth-order valence-corrected chi connectivity index (χ4v) is 4.35. The first-order valence-corrected chi connectivity index (χ1v) is 9.99. The SMILES string of the molecule is Cc1ccc(N2C(=O)CS[C@H]2c2cccc(NC(=O)C3CC3)c2)cc1C. The third-order valence-corrected chi connectivity index (χ3v) is 6.24. The van der Waals surface area contributed by atoms with Crippen LogP contribution in [0, 0.1) is 19.8 Å². The molecule has 2 aromatic carbocycles. The molecule has 1 aliphatic carbocycles.